The van der Waals surface area contributed by atoms with Crippen molar-refractivity contribution in [1.82, 2.24) is 10.2 Å². The number of rotatable bonds is 10. The van der Waals surface area contributed by atoms with Gasteiger partial charge in [-0.15, -0.1) is 0 Å². The summed E-state index contributed by atoms with van der Waals surface area (Å²) in [6.07, 6.45) is 1.42. The molecule has 1 N–H and O–H groups in total. The maximum absolute atomic E-state index is 14.7. The van der Waals surface area contributed by atoms with Gasteiger partial charge in [-0.3, -0.25) is 13.9 Å². The van der Waals surface area contributed by atoms with Crippen molar-refractivity contribution in [3.63, 3.8) is 0 Å². The second-order valence-electron chi connectivity index (χ2n) is 8.65. The maximum Gasteiger partial charge on any atom is 0.264 e. The van der Waals surface area contributed by atoms with Crippen molar-refractivity contribution in [2.75, 3.05) is 24.5 Å². The molecule has 194 valence electrons. The minimum absolute atomic E-state index is 0.103. The molecule has 1 aliphatic rings. The van der Waals surface area contributed by atoms with Crippen molar-refractivity contribution in [2.45, 2.75) is 30.8 Å². The SMILES string of the molecule is COc1ccc(S(=O)(=O)N(CC(=O)NCc2cccc(CN3CCCC3=O)c2)c2ccccc2F)cc1. The van der Waals surface area contributed by atoms with Gasteiger partial charge in [0.15, 0.2) is 0 Å². The lowest BCUT2D eigenvalue weighted by Crippen LogP contribution is -2.41. The number of amides is 2. The van der Waals surface area contributed by atoms with E-state index in [0.717, 1.165) is 34.5 Å². The Morgan fingerprint density at radius 2 is 1.78 bits per heavy atom. The van der Waals surface area contributed by atoms with Gasteiger partial charge in [-0.2, -0.15) is 0 Å². The fraction of sp³-hybridized carbons (Fsp3) is 0.259. The number of hydrogen-bond donors (Lipinski definition) is 1. The number of carbonyl (C=O) groups is 2. The van der Waals surface area contributed by atoms with Crippen LogP contribution < -0.4 is 14.4 Å². The number of halogens is 1. The number of benzene rings is 3. The summed E-state index contributed by atoms with van der Waals surface area (Å²) in [5.41, 5.74) is 1.51. The molecule has 0 radical (unpaired) electrons. The summed E-state index contributed by atoms with van der Waals surface area (Å²) in [6.45, 7) is 0.766. The fourth-order valence-electron chi connectivity index (χ4n) is 4.15. The first-order chi connectivity index (χ1) is 17.8. The van der Waals surface area contributed by atoms with Crippen LogP contribution >= 0.6 is 0 Å². The van der Waals surface area contributed by atoms with Gasteiger partial charge in [0.05, 0.1) is 17.7 Å². The van der Waals surface area contributed by atoms with Crippen LogP contribution in [-0.4, -0.2) is 45.3 Å². The summed E-state index contributed by atoms with van der Waals surface area (Å²) in [5, 5.41) is 2.72. The van der Waals surface area contributed by atoms with Gasteiger partial charge in [0.2, 0.25) is 11.8 Å². The highest BCUT2D eigenvalue weighted by Crippen LogP contribution is 2.27. The fourth-order valence-corrected chi connectivity index (χ4v) is 5.57. The van der Waals surface area contributed by atoms with E-state index >= 15 is 0 Å². The molecule has 10 heteroatoms. The lowest BCUT2D eigenvalue weighted by atomic mass is 10.1. The zero-order valence-corrected chi connectivity index (χ0v) is 21.2. The summed E-state index contributed by atoms with van der Waals surface area (Å²) in [7, 11) is -2.81. The molecule has 0 saturated carbocycles. The van der Waals surface area contributed by atoms with Crippen LogP contribution in [0.3, 0.4) is 0 Å². The topological polar surface area (TPSA) is 96.0 Å². The van der Waals surface area contributed by atoms with Gasteiger partial charge in [0, 0.05) is 26.1 Å². The van der Waals surface area contributed by atoms with Crippen LogP contribution in [0, 0.1) is 5.82 Å². The zero-order valence-electron chi connectivity index (χ0n) is 20.4. The predicted molar refractivity (Wildman–Crippen MR) is 137 cm³/mol. The number of carbonyl (C=O) groups excluding carboxylic acids is 2. The van der Waals surface area contributed by atoms with Crippen LogP contribution in [0.2, 0.25) is 0 Å². The van der Waals surface area contributed by atoms with Gasteiger partial charge in [-0.1, -0.05) is 36.4 Å². The van der Waals surface area contributed by atoms with Crippen molar-refractivity contribution in [3.05, 3.63) is 89.7 Å². The summed E-state index contributed by atoms with van der Waals surface area (Å²) >= 11 is 0. The number of anilines is 1. The first-order valence-corrected chi connectivity index (χ1v) is 13.3. The van der Waals surface area contributed by atoms with E-state index in [-0.39, 0.29) is 23.0 Å². The summed E-state index contributed by atoms with van der Waals surface area (Å²) < 4.78 is 47.4. The van der Waals surface area contributed by atoms with E-state index in [0.29, 0.717) is 18.7 Å². The smallest absolute Gasteiger partial charge is 0.264 e. The third kappa shape index (κ3) is 6.26. The highest BCUT2D eigenvalue weighted by molar-refractivity contribution is 7.92. The number of nitrogens with one attached hydrogen (secondary N) is 1. The highest BCUT2D eigenvalue weighted by Gasteiger charge is 2.29. The van der Waals surface area contributed by atoms with Crippen LogP contribution in [0.1, 0.15) is 24.0 Å². The number of ether oxygens (including phenoxy) is 1. The van der Waals surface area contributed by atoms with E-state index < -0.39 is 28.3 Å². The Labute approximate surface area is 215 Å². The summed E-state index contributed by atoms with van der Waals surface area (Å²) in [4.78, 5) is 26.5. The molecule has 2 amide bonds. The van der Waals surface area contributed by atoms with E-state index in [1.165, 1.54) is 49.6 Å². The quantitative estimate of drug-likeness (QED) is 0.437. The molecule has 0 spiro atoms. The molecule has 4 rings (SSSR count). The van der Waals surface area contributed by atoms with Gasteiger partial charge in [0.25, 0.3) is 10.0 Å². The van der Waals surface area contributed by atoms with E-state index in [1.807, 2.05) is 24.3 Å². The average Bonchev–Trinajstić information content (AvgIpc) is 3.30. The maximum atomic E-state index is 14.7. The Morgan fingerprint density at radius 3 is 2.46 bits per heavy atom. The minimum Gasteiger partial charge on any atom is -0.497 e. The van der Waals surface area contributed by atoms with E-state index in [4.69, 9.17) is 4.74 Å². The van der Waals surface area contributed by atoms with Crippen LogP contribution in [0.15, 0.2) is 77.7 Å². The van der Waals surface area contributed by atoms with Gasteiger partial charge in [0.1, 0.15) is 18.1 Å². The molecule has 1 fully saturated rings. The average molecular weight is 526 g/mol. The molecule has 37 heavy (non-hydrogen) atoms. The van der Waals surface area contributed by atoms with Crippen LogP contribution in [-0.2, 0) is 32.7 Å². The molecule has 8 nitrogen and oxygen atoms in total. The van der Waals surface area contributed by atoms with Crippen molar-refractivity contribution >= 4 is 27.5 Å². The molecule has 0 unspecified atom stereocenters. The summed E-state index contributed by atoms with van der Waals surface area (Å²) in [5.74, 6) is -0.771. The predicted octanol–water partition coefficient (Wildman–Crippen LogP) is 3.47. The van der Waals surface area contributed by atoms with Gasteiger partial charge >= 0.3 is 0 Å². The van der Waals surface area contributed by atoms with Gasteiger partial charge in [-0.25, -0.2) is 12.8 Å². The Balaban J connectivity index is 1.49. The molecule has 3 aromatic carbocycles. The first kappa shape index (κ1) is 26.2. The molecule has 0 aromatic heterocycles. The Hall–Kier alpha value is -3.92. The Bertz CT molecular complexity index is 1380. The van der Waals surface area contributed by atoms with Crippen LogP contribution in [0.25, 0.3) is 0 Å². The number of hydrogen-bond acceptors (Lipinski definition) is 5. The molecular weight excluding hydrogens is 497 g/mol. The molecule has 1 heterocycles. The summed E-state index contributed by atoms with van der Waals surface area (Å²) in [6, 6.07) is 18.5. The molecule has 0 atom stereocenters. The van der Waals surface area contributed by atoms with Crippen LogP contribution in [0.4, 0.5) is 10.1 Å². The molecule has 3 aromatic rings. The normalized spacial score (nSPS) is 13.5. The monoisotopic (exact) mass is 525 g/mol. The first-order valence-electron chi connectivity index (χ1n) is 11.8. The van der Waals surface area contributed by atoms with E-state index in [1.54, 1.807) is 4.90 Å². The Morgan fingerprint density at radius 1 is 1.05 bits per heavy atom. The Kier molecular flexibility index (Phi) is 8.08. The standard InChI is InChI=1S/C27H28FN3O5S/c1-36-22-11-13-23(14-12-22)37(34,35)31(25-9-3-2-8-24(25)28)19-26(32)29-17-20-6-4-7-21(16-20)18-30-15-5-10-27(30)33/h2-4,6-9,11-14,16H,5,10,15,17-19H2,1H3,(H,29,32). The largest absolute Gasteiger partial charge is 0.497 e. The molecule has 1 saturated heterocycles. The van der Waals surface area contributed by atoms with Crippen molar-refractivity contribution < 1.29 is 27.1 Å². The van der Waals surface area contributed by atoms with E-state index in [9.17, 15) is 22.4 Å². The zero-order chi connectivity index (χ0) is 26.4. The van der Waals surface area contributed by atoms with Crippen molar-refractivity contribution in [2.24, 2.45) is 0 Å². The highest BCUT2D eigenvalue weighted by atomic mass is 32.2. The second-order valence-corrected chi connectivity index (χ2v) is 10.5. The second kappa shape index (κ2) is 11.4. The third-order valence-electron chi connectivity index (χ3n) is 6.08. The lowest BCUT2D eigenvalue weighted by molar-refractivity contribution is -0.128. The number of methoxy groups -OCH3 is 1. The van der Waals surface area contributed by atoms with Gasteiger partial charge in [-0.05, 0) is 53.9 Å². The molecular formula is C27H28FN3O5S. The number of nitrogens with zero attached hydrogens (tertiary/aromatic N) is 2. The van der Waals surface area contributed by atoms with Crippen molar-refractivity contribution in [1.29, 1.82) is 0 Å². The molecule has 1 aliphatic heterocycles. The number of para-hydroxylation sites is 1. The third-order valence-corrected chi connectivity index (χ3v) is 7.86. The van der Waals surface area contributed by atoms with E-state index in [2.05, 4.69) is 5.32 Å². The van der Waals surface area contributed by atoms with Crippen LogP contribution in [0.5, 0.6) is 5.75 Å². The minimum atomic E-state index is -4.27. The number of sulfonamides is 1. The lowest BCUT2D eigenvalue weighted by Gasteiger charge is -2.24. The van der Waals surface area contributed by atoms with Gasteiger partial charge < -0.3 is 15.0 Å². The van der Waals surface area contributed by atoms with Crippen molar-refractivity contribution in [3.8, 4) is 5.75 Å². The molecule has 0 aliphatic carbocycles. The number of likely N-dealkylation sites (tertiary alicyclic amines) is 1. The molecule has 0 bridgehead atoms.